The van der Waals surface area contributed by atoms with Crippen LogP contribution in [0, 0.1) is 0 Å². The maximum absolute atomic E-state index is 5.08. The number of hydrogen-bond donors (Lipinski definition) is 3. The molecule has 0 aromatic heterocycles. The number of hydrazone groups is 1. The van der Waals surface area contributed by atoms with E-state index in [2.05, 4.69) is 20.7 Å². The summed E-state index contributed by atoms with van der Waals surface area (Å²) < 4.78 is 0.580. The first-order chi connectivity index (χ1) is 6.56. The summed E-state index contributed by atoms with van der Waals surface area (Å²) in [6.45, 7) is 1.71. The van der Waals surface area contributed by atoms with Gasteiger partial charge < -0.3 is 11.5 Å². The molecule has 0 aliphatic carbocycles. The molecule has 0 saturated carbocycles. The van der Waals surface area contributed by atoms with Crippen molar-refractivity contribution in [3.63, 3.8) is 0 Å². The fraction of sp³-hybridized carbons (Fsp3) is 0.333. The zero-order chi connectivity index (χ0) is 11.0. The van der Waals surface area contributed by atoms with Gasteiger partial charge in [0.05, 0.1) is 11.9 Å². The molecule has 8 heteroatoms. The van der Waals surface area contributed by atoms with Crippen LogP contribution in [0.2, 0.25) is 0 Å². The van der Waals surface area contributed by atoms with Crippen LogP contribution in [-0.4, -0.2) is 28.5 Å². The summed E-state index contributed by atoms with van der Waals surface area (Å²) in [5.74, 6) is -0.0923. The molecule has 78 valence electrons. The number of rotatable bonds is 3. The van der Waals surface area contributed by atoms with Crippen LogP contribution in [-0.2, 0) is 0 Å². The minimum atomic E-state index is -0.0923. The van der Waals surface area contributed by atoms with E-state index >= 15 is 0 Å². The van der Waals surface area contributed by atoms with Crippen LogP contribution in [0.5, 0.6) is 0 Å². The van der Waals surface area contributed by atoms with Crippen molar-refractivity contribution < 1.29 is 0 Å². The number of nitrogens with zero attached hydrogens (tertiary/aromatic N) is 3. The monoisotopic (exact) mass is 232 g/mol. The fourth-order valence-electron chi connectivity index (χ4n) is 0.386. The molecule has 0 aliphatic heterocycles. The van der Waals surface area contributed by atoms with Gasteiger partial charge in [0.15, 0.2) is 4.32 Å². The lowest BCUT2D eigenvalue weighted by atomic mass is 10.5. The van der Waals surface area contributed by atoms with Crippen LogP contribution < -0.4 is 16.9 Å². The van der Waals surface area contributed by atoms with E-state index in [9.17, 15) is 0 Å². The quantitative estimate of drug-likeness (QED) is 0.272. The van der Waals surface area contributed by atoms with Gasteiger partial charge in [-0.05, 0) is 13.2 Å². The van der Waals surface area contributed by atoms with Crippen molar-refractivity contribution in [3.05, 3.63) is 0 Å². The van der Waals surface area contributed by atoms with Gasteiger partial charge in [0.1, 0.15) is 0 Å². The van der Waals surface area contributed by atoms with Gasteiger partial charge in [0, 0.05) is 0 Å². The molecule has 0 rings (SSSR count). The molecule has 0 aromatic rings. The second kappa shape index (κ2) is 7.27. The zero-order valence-corrected chi connectivity index (χ0v) is 9.52. The Morgan fingerprint density at radius 1 is 1.43 bits per heavy atom. The lowest BCUT2D eigenvalue weighted by Crippen LogP contribution is -2.22. The number of guanidine groups is 1. The Bertz CT molecular complexity index is 278. The van der Waals surface area contributed by atoms with Gasteiger partial charge >= 0.3 is 0 Å². The number of hydrogen-bond acceptors (Lipinski definition) is 5. The molecule has 0 heterocycles. The van der Waals surface area contributed by atoms with E-state index in [1.165, 1.54) is 18.0 Å². The Kier molecular flexibility index (Phi) is 6.68. The van der Waals surface area contributed by atoms with Crippen molar-refractivity contribution in [1.82, 2.24) is 5.43 Å². The van der Waals surface area contributed by atoms with Crippen LogP contribution in [0.1, 0.15) is 6.92 Å². The molecule has 0 spiro atoms. The van der Waals surface area contributed by atoms with Gasteiger partial charge in [-0.25, -0.2) is 0 Å². The van der Waals surface area contributed by atoms with Crippen molar-refractivity contribution in [2.24, 2.45) is 26.8 Å². The predicted molar refractivity (Wildman–Crippen MR) is 66.7 cm³/mol. The molecule has 0 aliphatic rings. The van der Waals surface area contributed by atoms with Gasteiger partial charge in [-0.3, -0.25) is 5.43 Å². The van der Waals surface area contributed by atoms with E-state index in [1.54, 1.807) is 6.92 Å². The molecule has 0 saturated heterocycles. The van der Waals surface area contributed by atoms with E-state index in [0.29, 0.717) is 10.0 Å². The number of thiocarbonyl (C=S) groups is 1. The average Bonchev–Trinajstić information content (AvgIpc) is 2.14. The first-order valence-electron chi connectivity index (χ1n) is 3.56. The maximum Gasteiger partial charge on any atom is 0.211 e. The second-order valence-corrected chi connectivity index (χ2v) is 3.61. The third-order valence-electron chi connectivity index (χ3n) is 0.916. The first kappa shape index (κ1) is 12.8. The fourth-order valence-corrected chi connectivity index (χ4v) is 0.583. The van der Waals surface area contributed by atoms with Crippen molar-refractivity contribution in [2.45, 2.75) is 6.92 Å². The van der Waals surface area contributed by atoms with Gasteiger partial charge in [-0.15, -0.1) is 5.10 Å². The Hall–Kier alpha value is -1.15. The molecular formula is C6H12N6S2. The summed E-state index contributed by atoms with van der Waals surface area (Å²) in [5.41, 5.74) is 13.3. The molecule has 0 amide bonds. The normalized spacial score (nSPS) is 11.4. The Morgan fingerprint density at radius 2 is 2.07 bits per heavy atom. The van der Waals surface area contributed by atoms with Crippen molar-refractivity contribution in [1.29, 1.82) is 0 Å². The molecule has 0 unspecified atom stereocenters. The Morgan fingerprint density at radius 3 is 2.57 bits per heavy atom. The molecule has 6 nitrogen and oxygen atoms in total. The van der Waals surface area contributed by atoms with Gasteiger partial charge in [0.25, 0.3) is 0 Å². The topological polar surface area (TPSA) is 101 Å². The number of nitrogens with two attached hydrogens (primary N) is 2. The van der Waals surface area contributed by atoms with Crippen LogP contribution in [0.3, 0.4) is 0 Å². The molecule has 0 aromatic carbocycles. The molecule has 0 fully saturated rings. The standard InChI is InChI=1S/C6H12N6S2/c1-4(10-11-5(7)8)3-9-12-6(13)14-2/h3H,1-2H3,(H,12,13)(H4,7,8,11). The lowest BCUT2D eigenvalue weighted by molar-refractivity contribution is 1.08. The van der Waals surface area contributed by atoms with Crippen LogP contribution >= 0.6 is 24.0 Å². The van der Waals surface area contributed by atoms with Gasteiger partial charge in [-0.1, -0.05) is 24.0 Å². The van der Waals surface area contributed by atoms with Gasteiger partial charge in [0.2, 0.25) is 5.96 Å². The smallest absolute Gasteiger partial charge is 0.211 e. The van der Waals surface area contributed by atoms with E-state index in [1.807, 2.05) is 6.26 Å². The number of nitrogens with one attached hydrogen (secondary N) is 1. The molecule has 14 heavy (non-hydrogen) atoms. The Labute approximate surface area is 91.9 Å². The average molecular weight is 232 g/mol. The number of thioether (sulfide) groups is 1. The molecule has 0 atom stereocenters. The zero-order valence-electron chi connectivity index (χ0n) is 7.89. The first-order valence-corrected chi connectivity index (χ1v) is 5.19. The highest BCUT2D eigenvalue weighted by atomic mass is 32.2. The van der Waals surface area contributed by atoms with E-state index < -0.39 is 0 Å². The highest BCUT2D eigenvalue weighted by Crippen LogP contribution is 1.92. The summed E-state index contributed by atoms with van der Waals surface area (Å²) in [4.78, 5) is 0. The van der Waals surface area contributed by atoms with E-state index in [4.69, 9.17) is 23.7 Å². The molecule has 0 bridgehead atoms. The highest BCUT2D eigenvalue weighted by molar-refractivity contribution is 8.22. The summed E-state index contributed by atoms with van der Waals surface area (Å²) >= 11 is 6.24. The van der Waals surface area contributed by atoms with Crippen LogP contribution in [0.15, 0.2) is 15.3 Å². The molecule has 0 radical (unpaired) electrons. The van der Waals surface area contributed by atoms with Gasteiger partial charge in [-0.2, -0.15) is 10.2 Å². The van der Waals surface area contributed by atoms with E-state index in [-0.39, 0.29) is 5.96 Å². The third kappa shape index (κ3) is 7.50. The van der Waals surface area contributed by atoms with Crippen LogP contribution in [0.25, 0.3) is 0 Å². The third-order valence-corrected chi connectivity index (χ3v) is 1.97. The summed E-state index contributed by atoms with van der Waals surface area (Å²) in [6.07, 6.45) is 3.32. The highest BCUT2D eigenvalue weighted by Gasteiger charge is 1.87. The summed E-state index contributed by atoms with van der Waals surface area (Å²) in [6, 6.07) is 0. The maximum atomic E-state index is 5.08. The lowest BCUT2D eigenvalue weighted by Gasteiger charge is -1.95. The summed E-state index contributed by atoms with van der Waals surface area (Å²) in [7, 11) is 0. The van der Waals surface area contributed by atoms with Crippen molar-refractivity contribution in [2.75, 3.05) is 6.26 Å². The predicted octanol–water partition coefficient (Wildman–Crippen LogP) is -0.141. The SMILES string of the molecule is CSC(=S)NN=CC(C)=NN=C(N)N. The molecular weight excluding hydrogens is 220 g/mol. The van der Waals surface area contributed by atoms with Crippen molar-refractivity contribution >= 4 is 46.2 Å². The second-order valence-electron chi connectivity index (χ2n) is 2.13. The minimum Gasteiger partial charge on any atom is -0.369 e. The largest absolute Gasteiger partial charge is 0.369 e. The Balaban J connectivity index is 4.05. The van der Waals surface area contributed by atoms with E-state index in [0.717, 1.165) is 0 Å². The summed E-state index contributed by atoms with van der Waals surface area (Å²) in [5, 5.41) is 10.9. The minimum absolute atomic E-state index is 0.0923. The van der Waals surface area contributed by atoms with Crippen molar-refractivity contribution in [3.8, 4) is 0 Å². The van der Waals surface area contributed by atoms with Crippen LogP contribution in [0.4, 0.5) is 0 Å². The molecule has 5 N–H and O–H groups in total.